The van der Waals surface area contributed by atoms with Gasteiger partial charge in [0.05, 0.1) is 41.0 Å². The normalized spacial score (nSPS) is 18.7. The molecule has 3 heterocycles. The lowest BCUT2D eigenvalue weighted by atomic mass is 10.1. The van der Waals surface area contributed by atoms with Crippen LogP contribution in [0.2, 0.25) is 0 Å². The second-order valence-electron chi connectivity index (χ2n) is 6.76. The molecule has 1 saturated heterocycles. The summed E-state index contributed by atoms with van der Waals surface area (Å²) < 4.78 is 52.7. The Kier molecular flexibility index (Phi) is 4.30. The number of rotatable bonds is 3. The van der Waals surface area contributed by atoms with Crippen LogP contribution in [0, 0.1) is 18.6 Å². The van der Waals surface area contributed by atoms with Crippen LogP contribution in [0.1, 0.15) is 18.0 Å². The molecule has 27 heavy (non-hydrogen) atoms. The van der Waals surface area contributed by atoms with Gasteiger partial charge in [-0.1, -0.05) is 6.07 Å². The van der Waals surface area contributed by atoms with Gasteiger partial charge in [0.15, 0.2) is 21.5 Å². The van der Waals surface area contributed by atoms with E-state index in [0.29, 0.717) is 29.1 Å². The first-order valence-corrected chi connectivity index (χ1v) is 10.3. The maximum Gasteiger partial charge on any atom is 0.159 e. The summed E-state index contributed by atoms with van der Waals surface area (Å²) in [6.07, 6.45) is 3.74. The molecule has 1 aliphatic heterocycles. The maximum atomic E-state index is 13.8. The molecular formula is C19H17F2N3O2S. The third kappa shape index (κ3) is 3.37. The van der Waals surface area contributed by atoms with E-state index >= 15 is 0 Å². The summed E-state index contributed by atoms with van der Waals surface area (Å²) in [6.45, 7) is 1.91. The number of sulfone groups is 1. The Bertz CT molecular complexity index is 1110. The lowest BCUT2D eigenvalue weighted by Gasteiger charge is -2.15. The van der Waals surface area contributed by atoms with Crippen molar-refractivity contribution >= 4 is 9.84 Å². The number of imidazole rings is 1. The van der Waals surface area contributed by atoms with Gasteiger partial charge in [-0.2, -0.15) is 0 Å². The minimum atomic E-state index is -3.10. The first kappa shape index (κ1) is 17.8. The molecule has 140 valence electrons. The molecule has 0 radical (unpaired) electrons. The molecule has 2 aromatic heterocycles. The first-order chi connectivity index (χ1) is 12.8. The molecule has 3 aromatic rings. The average molecular weight is 389 g/mol. The fourth-order valence-corrected chi connectivity index (χ4v) is 5.06. The van der Waals surface area contributed by atoms with Crippen molar-refractivity contribution in [2.24, 2.45) is 0 Å². The van der Waals surface area contributed by atoms with Crippen LogP contribution in [0.3, 0.4) is 0 Å². The highest BCUT2D eigenvalue weighted by atomic mass is 32.2. The molecule has 0 N–H and O–H groups in total. The summed E-state index contributed by atoms with van der Waals surface area (Å²) in [4.78, 5) is 8.82. The lowest BCUT2D eigenvalue weighted by Crippen LogP contribution is -2.11. The van der Waals surface area contributed by atoms with E-state index in [4.69, 9.17) is 0 Å². The second-order valence-corrected chi connectivity index (χ2v) is 8.98. The van der Waals surface area contributed by atoms with Gasteiger partial charge in [0, 0.05) is 11.8 Å². The second kappa shape index (κ2) is 6.53. The van der Waals surface area contributed by atoms with Crippen molar-refractivity contribution < 1.29 is 17.2 Å². The van der Waals surface area contributed by atoms with Gasteiger partial charge >= 0.3 is 0 Å². The highest BCUT2D eigenvalue weighted by molar-refractivity contribution is 7.91. The first-order valence-electron chi connectivity index (χ1n) is 8.50. The van der Waals surface area contributed by atoms with Gasteiger partial charge in [-0.25, -0.2) is 22.2 Å². The molecule has 0 bridgehead atoms. The summed E-state index contributed by atoms with van der Waals surface area (Å²) >= 11 is 0. The van der Waals surface area contributed by atoms with Crippen molar-refractivity contribution in [3.8, 4) is 22.6 Å². The molecule has 1 aliphatic rings. The number of hydrogen-bond acceptors (Lipinski definition) is 4. The highest BCUT2D eigenvalue weighted by Gasteiger charge is 2.32. The predicted octanol–water partition coefficient (Wildman–Crippen LogP) is 3.56. The fourth-order valence-electron chi connectivity index (χ4n) is 3.35. The Balaban J connectivity index is 1.89. The summed E-state index contributed by atoms with van der Waals surface area (Å²) in [5, 5.41) is 0. The third-order valence-corrected chi connectivity index (χ3v) is 6.49. The number of benzene rings is 1. The number of aromatic nitrogens is 3. The van der Waals surface area contributed by atoms with Crippen LogP contribution in [0.5, 0.6) is 0 Å². The number of aryl methyl sites for hydroxylation is 1. The van der Waals surface area contributed by atoms with E-state index in [-0.39, 0.29) is 17.5 Å². The predicted molar refractivity (Wildman–Crippen MR) is 97.9 cm³/mol. The van der Waals surface area contributed by atoms with E-state index in [9.17, 15) is 17.2 Å². The molecule has 4 rings (SSSR count). The van der Waals surface area contributed by atoms with Crippen LogP contribution in [-0.2, 0) is 9.84 Å². The third-order valence-electron chi connectivity index (χ3n) is 4.74. The maximum absolute atomic E-state index is 13.8. The number of hydrogen-bond donors (Lipinski definition) is 0. The summed E-state index contributed by atoms with van der Waals surface area (Å²) in [7, 11) is -3.10. The van der Waals surface area contributed by atoms with E-state index in [2.05, 4.69) is 9.97 Å². The minimum absolute atomic E-state index is 0.0272. The van der Waals surface area contributed by atoms with E-state index in [1.807, 2.05) is 19.1 Å². The van der Waals surface area contributed by atoms with Gasteiger partial charge in [-0.05, 0) is 43.2 Å². The number of halogens is 2. The Morgan fingerprint density at radius 2 is 1.93 bits per heavy atom. The Morgan fingerprint density at radius 3 is 2.56 bits per heavy atom. The van der Waals surface area contributed by atoms with Crippen molar-refractivity contribution in [3.63, 3.8) is 0 Å². The topological polar surface area (TPSA) is 64.8 Å². The lowest BCUT2D eigenvalue weighted by molar-refractivity contribution is 0.509. The van der Waals surface area contributed by atoms with Crippen molar-refractivity contribution in [1.29, 1.82) is 0 Å². The molecule has 0 amide bonds. The van der Waals surface area contributed by atoms with Crippen LogP contribution >= 0.6 is 0 Å². The summed E-state index contributed by atoms with van der Waals surface area (Å²) in [5.74, 6) is -1.75. The van der Waals surface area contributed by atoms with Crippen molar-refractivity contribution in [3.05, 3.63) is 60.1 Å². The smallest absolute Gasteiger partial charge is 0.159 e. The van der Waals surface area contributed by atoms with E-state index in [1.165, 1.54) is 6.07 Å². The molecule has 1 aromatic carbocycles. The van der Waals surface area contributed by atoms with Crippen LogP contribution in [0.25, 0.3) is 22.6 Å². The Labute approximate surface area is 155 Å². The molecule has 0 spiro atoms. The van der Waals surface area contributed by atoms with Gasteiger partial charge in [-0.15, -0.1) is 0 Å². The molecule has 0 saturated carbocycles. The standard InChI is InChI=1S/C19H17F2N3O2S/c1-12-2-5-17(22-9-12)19-18(13-3-4-15(20)16(21)8-13)23-11-24(19)14-6-7-27(25,26)10-14/h2-5,8-9,11,14H,6-7,10H2,1H3. The van der Waals surface area contributed by atoms with Crippen LogP contribution in [0.4, 0.5) is 8.78 Å². The molecule has 8 heteroatoms. The largest absolute Gasteiger partial charge is 0.325 e. The highest BCUT2D eigenvalue weighted by Crippen LogP contribution is 2.35. The Hall–Kier alpha value is -2.61. The van der Waals surface area contributed by atoms with Crippen LogP contribution in [-0.4, -0.2) is 34.5 Å². The summed E-state index contributed by atoms with van der Waals surface area (Å²) in [6, 6.07) is 7.03. The SMILES string of the molecule is Cc1ccc(-c2c(-c3ccc(F)c(F)c3)ncn2C2CCS(=O)(=O)C2)nc1. The minimum Gasteiger partial charge on any atom is -0.325 e. The van der Waals surface area contributed by atoms with Crippen molar-refractivity contribution in [2.75, 3.05) is 11.5 Å². The molecule has 5 nitrogen and oxygen atoms in total. The summed E-state index contributed by atoms with van der Waals surface area (Å²) in [5.41, 5.74) is 3.02. The van der Waals surface area contributed by atoms with Crippen molar-refractivity contribution in [2.45, 2.75) is 19.4 Å². The van der Waals surface area contributed by atoms with Gasteiger partial charge in [0.25, 0.3) is 0 Å². The monoisotopic (exact) mass is 389 g/mol. The Morgan fingerprint density at radius 1 is 1.11 bits per heavy atom. The van der Waals surface area contributed by atoms with E-state index in [1.54, 1.807) is 17.1 Å². The number of nitrogens with zero attached hydrogens (tertiary/aromatic N) is 3. The zero-order valence-corrected chi connectivity index (χ0v) is 15.4. The number of pyridine rings is 1. The van der Waals surface area contributed by atoms with Crippen LogP contribution in [0.15, 0.2) is 42.9 Å². The fraction of sp³-hybridized carbons (Fsp3) is 0.263. The van der Waals surface area contributed by atoms with E-state index < -0.39 is 21.5 Å². The average Bonchev–Trinajstić information content (AvgIpc) is 3.21. The zero-order valence-electron chi connectivity index (χ0n) is 14.6. The molecule has 1 atom stereocenters. The van der Waals surface area contributed by atoms with Crippen LogP contribution < -0.4 is 0 Å². The molecule has 1 fully saturated rings. The van der Waals surface area contributed by atoms with Gasteiger partial charge in [-0.3, -0.25) is 4.98 Å². The van der Waals surface area contributed by atoms with Gasteiger partial charge in [0.1, 0.15) is 0 Å². The van der Waals surface area contributed by atoms with Gasteiger partial charge < -0.3 is 4.57 Å². The van der Waals surface area contributed by atoms with Gasteiger partial charge in [0.2, 0.25) is 0 Å². The van der Waals surface area contributed by atoms with Crippen molar-refractivity contribution in [1.82, 2.24) is 14.5 Å². The zero-order chi connectivity index (χ0) is 19.2. The molecular weight excluding hydrogens is 372 g/mol. The molecule has 0 aliphatic carbocycles. The quantitative estimate of drug-likeness (QED) is 0.687. The van der Waals surface area contributed by atoms with E-state index in [0.717, 1.165) is 17.7 Å². The molecule has 1 unspecified atom stereocenters.